The topological polar surface area (TPSA) is 84.2 Å². The normalized spacial score (nSPS) is 10.6. The van der Waals surface area contributed by atoms with E-state index < -0.39 is 0 Å². The molecule has 17 heavy (non-hydrogen) atoms. The van der Waals surface area contributed by atoms with Gasteiger partial charge in [0.05, 0.1) is 12.1 Å². The second kappa shape index (κ2) is 4.36. The second-order valence-electron chi connectivity index (χ2n) is 3.72. The largest absolute Gasteiger partial charge is 0.508 e. The van der Waals surface area contributed by atoms with Crippen molar-refractivity contribution in [1.29, 1.82) is 5.26 Å². The summed E-state index contributed by atoms with van der Waals surface area (Å²) in [5, 5.41) is 19.2. The Labute approximate surface area is 98.6 Å². The minimum absolute atomic E-state index is 0.123. The van der Waals surface area contributed by atoms with Gasteiger partial charge in [0.1, 0.15) is 23.2 Å². The van der Waals surface area contributed by atoms with Crippen LogP contribution in [-0.4, -0.2) is 23.4 Å². The second-order valence-corrected chi connectivity index (χ2v) is 3.72. The van der Waals surface area contributed by atoms with Gasteiger partial charge >= 0.3 is 0 Å². The van der Waals surface area contributed by atoms with Gasteiger partial charge in [-0.2, -0.15) is 5.26 Å². The first-order valence-electron chi connectivity index (χ1n) is 5.18. The van der Waals surface area contributed by atoms with E-state index in [0.29, 0.717) is 29.9 Å². The van der Waals surface area contributed by atoms with E-state index >= 15 is 0 Å². The Kier molecular flexibility index (Phi) is 2.90. The molecule has 2 aromatic rings. The Balaban J connectivity index is 2.67. The van der Waals surface area contributed by atoms with Crippen LogP contribution in [0.5, 0.6) is 5.75 Å². The molecule has 1 heterocycles. The molecule has 0 amide bonds. The molecule has 0 aliphatic heterocycles. The number of aromatic hydroxyl groups is 1. The minimum Gasteiger partial charge on any atom is -0.508 e. The van der Waals surface area contributed by atoms with Gasteiger partial charge in [-0.1, -0.05) is 0 Å². The van der Waals surface area contributed by atoms with Gasteiger partial charge < -0.3 is 20.1 Å². The van der Waals surface area contributed by atoms with Gasteiger partial charge in [-0.3, -0.25) is 0 Å². The monoisotopic (exact) mass is 231 g/mol. The van der Waals surface area contributed by atoms with E-state index in [9.17, 15) is 5.11 Å². The fraction of sp³-hybridized carbons (Fsp3) is 0.250. The molecular formula is C12H13N3O2. The standard InChI is InChI=1S/C12H13N3O2/c1-17-5-4-15-11-3-2-8(16)6-9(11)10(7-13)12(15)14/h2-3,6,16H,4-5,14H2,1H3. The number of fused-ring (bicyclic) bond motifs is 1. The lowest BCUT2D eigenvalue weighted by Gasteiger charge is -2.06. The Morgan fingerprint density at radius 1 is 1.53 bits per heavy atom. The van der Waals surface area contributed by atoms with Crippen LogP contribution in [0, 0.1) is 11.3 Å². The van der Waals surface area contributed by atoms with Crippen molar-refractivity contribution < 1.29 is 9.84 Å². The highest BCUT2D eigenvalue weighted by Crippen LogP contribution is 2.30. The lowest BCUT2D eigenvalue weighted by Crippen LogP contribution is -2.07. The van der Waals surface area contributed by atoms with Crippen molar-refractivity contribution in [1.82, 2.24) is 4.57 Å². The maximum Gasteiger partial charge on any atom is 0.122 e. The van der Waals surface area contributed by atoms with Crippen molar-refractivity contribution in [3.63, 3.8) is 0 Å². The number of phenols is 1. The third-order valence-electron chi connectivity index (χ3n) is 2.72. The first-order valence-corrected chi connectivity index (χ1v) is 5.18. The van der Waals surface area contributed by atoms with Crippen LogP contribution in [0.4, 0.5) is 5.82 Å². The zero-order valence-corrected chi connectivity index (χ0v) is 9.47. The summed E-state index contributed by atoms with van der Waals surface area (Å²) in [4.78, 5) is 0. The molecule has 0 atom stereocenters. The highest BCUT2D eigenvalue weighted by atomic mass is 16.5. The van der Waals surface area contributed by atoms with Gasteiger partial charge in [-0.25, -0.2) is 0 Å². The molecule has 3 N–H and O–H groups in total. The van der Waals surface area contributed by atoms with Gasteiger partial charge in [0.25, 0.3) is 0 Å². The van der Waals surface area contributed by atoms with Gasteiger partial charge in [-0.15, -0.1) is 0 Å². The predicted molar refractivity (Wildman–Crippen MR) is 64.6 cm³/mol. The van der Waals surface area contributed by atoms with E-state index in [2.05, 4.69) is 6.07 Å². The van der Waals surface area contributed by atoms with Gasteiger partial charge in [0, 0.05) is 19.0 Å². The fourth-order valence-electron chi connectivity index (χ4n) is 1.90. The van der Waals surface area contributed by atoms with Crippen molar-refractivity contribution in [2.45, 2.75) is 6.54 Å². The number of rotatable bonds is 3. The summed E-state index contributed by atoms with van der Waals surface area (Å²) in [6, 6.07) is 6.94. The molecule has 0 saturated carbocycles. The minimum atomic E-state index is 0.123. The van der Waals surface area contributed by atoms with E-state index in [1.807, 2.05) is 4.57 Å². The summed E-state index contributed by atoms with van der Waals surface area (Å²) >= 11 is 0. The molecule has 2 rings (SSSR count). The van der Waals surface area contributed by atoms with Crippen LogP contribution in [0.1, 0.15) is 5.56 Å². The quantitative estimate of drug-likeness (QED) is 0.837. The summed E-state index contributed by atoms with van der Waals surface area (Å²) in [5.74, 6) is 0.531. The number of nitrogen functional groups attached to an aromatic ring is 1. The van der Waals surface area contributed by atoms with Crippen LogP contribution >= 0.6 is 0 Å². The molecule has 88 valence electrons. The van der Waals surface area contributed by atoms with Crippen LogP contribution in [0.3, 0.4) is 0 Å². The van der Waals surface area contributed by atoms with Crippen molar-refractivity contribution >= 4 is 16.7 Å². The van der Waals surface area contributed by atoms with E-state index in [4.69, 9.17) is 15.7 Å². The van der Waals surface area contributed by atoms with E-state index in [-0.39, 0.29) is 5.75 Å². The Morgan fingerprint density at radius 2 is 2.29 bits per heavy atom. The maximum absolute atomic E-state index is 9.44. The summed E-state index contributed by atoms with van der Waals surface area (Å²) in [7, 11) is 1.61. The number of nitrogens with two attached hydrogens (primary N) is 1. The number of aromatic nitrogens is 1. The van der Waals surface area contributed by atoms with E-state index in [1.165, 1.54) is 0 Å². The maximum atomic E-state index is 9.44. The molecule has 5 heteroatoms. The summed E-state index contributed by atoms with van der Waals surface area (Å²) in [6.45, 7) is 1.09. The Morgan fingerprint density at radius 3 is 2.94 bits per heavy atom. The first kappa shape index (κ1) is 11.3. The molecule has 0 spiro atoms. The van der Waals surface area contributed by atoms with E-state index in [0.717, 1.165) is 5.52 Å². The first-order chi connectivity index (χ1) is 8.19. The summed E-state index contributed by atoms with van der Waals surface area (Å²) in [6.07, 6.45) is 0. The van der Waals surface area contributed by atoms with Crippen LogP contribution in [0.25, 0.3) is 10.9 Å². The number of nitriles is 1. The van der Waals surface area contributed by atoms with Crippen LogP contribution in [0.2, 0.25) is 0 Å². The summed E-state index contributed by atoms with van der Waals surface area (Å²) in [5.41, 5.74) is 7.14. The van der Waals surface area contributed by atoms with Crippen molar-refractivity contribution in [3.8, 4) is 11.8 Å². The highest BCUT2D eigenvalue weighted by molar-refractivity contribution is 5.92. The third kappa shape index (κ3) is 1.79. The fourth-order valence-corrected chi connectivity index (χ4v) is 1.90. The van der Waals surface area contributed by atoms with Crippen LogP contribution in [-0.2, 0) is 11.3 Å². The highest BCUT2D eigenvalue weighted by Gasteiger charge is 2.14. The number of anilines is 1. The number of benzene rings is 1. The Hall–Kier alpha value is -2.19. The van der Waals surface area contributed by atoms with Crippen LogP contribution in [0.15, 0.2) is 18.2 Å². The SMILES string of the molecule is COCCn1c(N)c(C#N)c2cc(O)ccc21. The number of methoxy groups -OCH3 is 1. The molecule has 1 aromatic carbocycles. The third-order valence-corrected chi connectivity index (χ3v) is 2.72. The zero-order chi connectivity index (χ0) is 12.4. The van der Waals surface area contributed by atoms with Crippen molar-refractivity contribution in [2.24, 2.45) is 0 Å². The molecule has 0 aliphatic rings. The average Bonchev–Trinajstić information content (AvgIpc) is 2.57. The zero-order valence-electron chi connectivity index (χ0n) is 9.47. The lowest BCUT2D eigenvalue weighted by molar-refractivity contribution is 0.189. The van der Waals surface area contributed by atoms with Crippen LogP contribution < -0.4 is 5.73 Å². The van der Waals surface area contributed by atoms with E-state index in [1.54, 1.807) is 25.3 Å². The number of ether oxygens (including phenoxy) is 1. The summed E-state index contributed by atoms with van der Waals surface area (Å²) < 4.78 is 6.82. The molecule has 0 radical (unpaired) electrons. The molecule has 0 fully saturated rings. The predicted octanol–water partition coefficient (Wildman–Crippen LogP) is 1.45. The lowest BCUT2D eigenvalue weighted by atomic mass is 10.2. The molecule has 0 bridgehead atoms. The van der Waals surface area contributed by atoms with Gasteiger partial charge in [0.2, 0.25) is 0 Å². The molecule has 0 unspecified atom stereocenters. The number of phenolic OH excluding ortho intramolecular Hbond substituents is 1. The van der Waals surface area contributed by atoms with Crippen molar-refractivity contribution in [2.75, 3.05) is 19.5 Å². The number of hydrogen-bond donors (Lipinski definition) is 2. The smallest absolute Gasteiger partial charge is 0.122 e. The van der Waals surface area contributed by atoms with Gasteiger partial charge in [0.15, 0.2) is 0 Å². The molecule has 0 saturated heterocycles. The molecule has 5 nitrogen and oxygen atoms in total. The molecule has 0 aliphatic carbocycles. The molecule has 1 aromatic heterocycles. The molecular weight excluding hydrogens is 218 g/mol. The Bertz CT molecular complexity index is 596. The number of hydrogen-bond acceptors (Lipinski definition) is 4. The average molecular weight is 231 g/mol. The van der Waals surface area contributed by atoms with Gasteiger partial charge in [-0.05, 0) is 18.2 Å². The number of nitrogens with zero attached hydrogens (tertiary/aromatic N) is 2. The van der Waals surface area contributed by atoms with Crippen molar-refractivity contribution in [3.05, 3.63) is 23.8 Å².